The number of β-amino-alcohol motifs (C(OH)–C–C–N with tert-alkyl or cyclic N) is 1. The summed E-state index contributed by atoms with van der Waals surface area (Å²) >= 11 is 0. The molecule has 0 aromatic heterocycles. The van der Waals surface area contributed by atoms with Crippen LogP contribution < -0.4 is 0 Å². The molecule has 0 aliphatic carbocycles. The number of hydrogen-bond donors (Lipinski definition) is 1. The maximum atomic E-state index is 11.5. The second-order valence-corrected chi connectivity index (χ2v) is 5.30. The number of carbonyl (C=O) groups is 1. The zero-order valence-corrected chi connectivity index (χ0v) is 10.1. The standard InChI is InChI=1S/C11H17NO5/c1-5(13)12-4-6(14)8-7(12)9-10(15-8)17-11(2,3)16-9/h6-10,14H,4H2,1-3H3. The molecular formula is C11H17NO5. The summed E-state index contributed by atoms with van der Waals surface area (Å²) in [5.41, 5.74) is 0. The van der Waals surface area contributed by atoms with Crippen LogP contribution in [0.1, 0.15) is 20.8 Å². The van der Waals surface area contributed by atoms with Crippen LogP contribution in [0.25, 0.3) is 0 Å². The van der Waals surface area contributed by atoms with Crippen LogP contribution >= 0.6 is 0 Å². The Balaban J connectivity index is 1.87. The molecule has 0 saturated carbocycles. The minimum atomic E-state index is -0.698. The molecule has 0 spiro atoms. The molecule has 3 rings (SSSR count). The average Bonchev–Trinajstić information content (AvgIpc) is 2.75. The molecule has 5 atom stereocenters. The minimum Gasteiger partial charge on any atom is -0.388 e. The van der Waals surface area contributed by atoms with Crippen LogP contribution in [-0.4, -0.2) is 58.9 Å². The second-order valence-electron chi connectivity index (χ2n) is 5.30. The molecule has 1 amide bonds. The van der Waals surface area contributed by atoms with Crippen molar-refractivity contribution in [1.82, 2.24) is 4.90 Å². The second kappa shape index (κ2) is 3.41. The van der Waals surface area contributed by atoms with Crippen LogP contribution in [0.4, 0.5) is 0 Å². The fourth-order valence-corrected chi connectivity index (χ4v) is 2.95. The number of aliphatic hydroxyl groups is 1. The molecule has 3 fully saturated rings. The smallest absolute Gasteiger partial charge is 0.219 e. The van der Waals surface area contributed by atoms with E-state index in [4.69, 9.17) is 14.2 Å². The Bertz CT molecular complexity index is 358. The molecule has 3 saturated heterocycles. The Kier molecular flexibility index (Phi) is 2.29. The van der Waals surface area contributed by atoms with Crippen molar-refractivity contribution in [2.45, 2.75) is 57.2 Å². The van der Waals surface area contributed by atoms with E-state index in [2.05, 4.69) is 0 Å². The molecule has 0 radical (unpaired) electrons. The monoisotopic (exact) mass is 243 g/mol. The maximum Gasteiger partial charge on any atom is 0.219 e. The van der Waals surface area contributed by atoms with Gasteiger partial charge in [-0.25, -0.2) is 0 Å². The van der Waals surface area contributed by atoms with E-state index in [-0.39, 0.29) is 18.1 Å². The van der Waals surface area contributed by atoms with Crippen molar-refractivity contribution in [3.05, 3.63) is 0 Å². The zero-order valence-electron chi connectivity index (χ0n) is 10.1. The third kappa shape index (κ3) is 1.59. The third-order valence-electron chi connectivity index (χ3n) is 3.58. The number of likely N-dealkylation sites (tertiary alicyclic amines) is 1. The van der Waals surface area contributed by atoms with Crippen LogP contribution in [0.5, 0.6) is 0 Å². The van der Waals surface area contributed by atoms with Crippen molar-refractivity contribution >= 4 is 5.91 Å². The lowest BCUT2D eigenvalue weighted by molar-refractivity contribution is -0.212. The van der Waals surface area contributed by atoms with Gasteiger partial charge in [-0.05, 0) is 13.8 Å². The lowest BCUT2D eigenvalue weighted by atomic mass is 10.1. The van der Waals surface area contributed by atoms with Gasteiger partial charge in [0, 0.05) is 13.5 Å². The highest BCUT2D eigenvalue weighted by molar-refractivity contribution is 5.74. The lowest BCUT2D eigenvalue weighted by Crippen LogP contribution is -2.45. The van der Waals surface area contributed by atoms with Crippen molar-refractivity contribution in [2.24, 2.45) is 0 Å². The van der Waals surface area contributed by atoms with Crippen LogP contribution in [0, 0.1) is 0 Å². The highest BCUT2D eigenvalue weighted by Crippen LogP contribution is 2.42. The number of fused-ring (bicyclic) bond motifs is 3. The Labute approximate surface area is 99.4 Å². The highest BCUT2D eigenvalue weighted by Gasteiger charge is 2.61. The summed E-state index contributed by atoms with van der Waals surface area (Å²) in [6.45, 7) is 5.42. The van der Waals surface area contributed by atoms with E-state index in [1.807, 2.05) is 13.8 Å². The Morgan fingerprint density at radius 3 is 2.71 bits per heavy atom. The van der Waals surface area contributed by atoms with Crippen LogP contribution in [0.2, 0.25) is 0 Å². The van der Waals surface area contributed by atoms with Gasteiger partial charge in [-0.2, -0.15) is 0 Å². The average molecular weight is 243 g/mol. The first-order valence-corrected chi connectivity index (χ1v) is 5.85. The van der Waals surface area contributed by atoms with E-state index >= 15 is 0 Å². The van der Waals surface area contributed by atoms with Gasteiger partial charge in [0.15, 0.2) is 12.1 Å². The Hall–Kier alpha value is -0.690. The summed E-state index contributed by atoms with van der Waals surface area (Å²) < 4.78 is 17.0. The predicted octanol–water partition coefficient (Wildman–Crippen LogP) is -0.546. The first kappa shape index (κ1) is 11.4. The third-order valence-corrected chi connectivity index (χ3v) is 3.58. The molecular weight excluding hydrogens is 226 g/mol. The summed E-state index contributed by atoms with van der Waals surface area (Å²) in [7, 11) is 0. The molecule has 3 heterocycles. The molecule has 0 aromatic rings. The van der Waals surface area contributed by atoms with Gasteiger partial charge in [0.25, 0.3) is 0 Å². The van der Waals surface area contributed by atoms with E-state index in [0.29, 0.717) is 6.54 Å². The molecule has 6 nitrogen and oxygen atoms in total. The van der Waals surface area contributed by atoms with Crippen molar-refractivity contribution in [3.63, 3.8) is 0 Å². The van der Waals surface area contributed by atoms with Crippen molar-refractivity contribution in [3.8, 4) is 0 Å². The molecule has 3 aliphatic heterocycles. The summed E-state index contributed by atoms with van der Waals surface area (Å²) in [6.07, 6.45) is -1.86. The van der Waals surface area contributed by atoms with Gasteiger partial charge in [0.05, 0.1) is 12.1 Å². The van der Waals surface area contributed by atoms with Crippen LogP contribution in [0.3, 0.4) is 0 Å². The normalized spacial score (nSPS) is 47.1. The molecule has 96 valence electrons. The molecule has 17 heavy (non-hydrogen) atoms. The first-order valence-electron chi connectivity index (χ1n) is 5.85. The lowest BCUT2D eigenvalue weighted by Gasteiger charge is -2.26. The van der Waals surface area contributed by atoms with Crippen molar-refractivity contribution in [1.29, 1.82) is 0 Å². The number of amides is 1. The van der Waals surface area contributed by atoms with Gasteiger partial charge >= 0.3 is 0 Å². The molecule has 3 aliphatic rings. The molecule has 6 heteroatoms. The number of nitrogens with zero attached hydrogens (tertiary/aromatic N) is 1. The fourth-order valence-electron chi connectivity index (χ4n) is 2.95. The van der Waals surface area contributed by atoms with Gasteiger partial charge in [0.1, 0.15) is 12.2 Å². The molecule has 0 aromatic carbocycles. The number of hydrogen-bond acceptors (Lipinski definition) is 5. The first-order chi connectivity index (χ1) is 7.89. The summed E-state index contributed by atoms with van der Waals surface area (Å²) in [5.74, 6) is -0.773. The van der Waals surface area contributed by atoms with Crippen molar-refractivity contribution in [2.75, 3.05) is 6.54 Å². The quantitative estimate of drug-likeness (QED) is 0.618. The summed E-state index contributed by atoms with van der Waals surface area (Å²) in [6, 6.07) is -0.241. The highest BCUT2D eigenvalue weighted by atomic mass is 16.8. The zero-order chi connectivity index (χ0) is 12.4. The van der Waals surface area contributed by atoms with Crippen molar-refractivity contribution < 1.29 is 24.1 Å². The number of ether oxygens (including phenoxy) is 3. The molecule has 5 unspecified atom stereocenters. The SMILES string of the molecule is CC(=O)N1CC(O)C2OC3OC(C)(C)OC3C21. The fraction of sp³-hybridized carbons (Fsp3) is 0.909. The van der Waals surface area contributed by atoms with E-state index in [0.717, 1.165) is 0 Å². The van der Waals surface area contributed by atoms with E-state index in [9.17, 15) is 9.90 Å². The predicted molar refractivity (Wildman–Crippen MR) is 55.9 cm³/mol. The van der Waals surface area contributed by atoms with Gasteiger partial charge in [0.2, 0.25) is 5.91 Å². The van der Waals surface area contributed by atoms with Crippen LogP contribution in [0.15, 0.2) is 0 Å². The van der Waals surface area contributed by atoms with Gasteiger partial charge in [-0.15, -0.1) is 0 Å². The minimum absolute atomic E-state index is 0.0749. The Morgan fingerprint density at radius 2 is 2.06 bits per heavy atom. The maximum absolute atomic E-state index is 11.5. The summed E-state index contributed by atoms with van der Waals surface area (Å²) in [5, 5.41) is 9.87. The van der Waals surface area contributed by atoms with E-state index in [1.165, 1.54) is 6.92 Å². The number of carbonyl (C=O) groups excluding carboxylic acids is 1. The Morgan fingerprint density at radius 1 is 1.35 bits per heavy atom. The largest absolute Gasteiger partial charge is 0.388 e. The van der Waals surface area contributed by atoms with Gasteiger partial charge in [-0.3, -0.25) is 4.79 Å². The van der Waals surface area contributed by atoms with E-state index in [1.54, 1.807) is 4.90 Å². The van der Waals surface area contributed by atoms with E-state index < -0.39 is 24.3 Å². The summed E-state index contributed by atoms with van der Waals surface area (Å²) in [4.78, 5) is 13.2. The number of rotatable bonds is 0. The van der Waals surface area contributed by atoms with Gasteiger partial charge in [-0.1, -0.05) is 0 Å². The molecule has 1 N–H and O–H groups in total. The number of aliphatic hydroxyl groups excluding tert-OH is 1. The molecule has 0 bridgehead atoms. The topological polar surface area (TPSA) is 68.2 Å². The van der Waals surface area contributed by atoms with Crippen LogP contribution in [-0.2, 0) is 19.0 Å². The van der Waals surface area contributed by atoms with Gasteiger partial charge < -0.3 is 24.2 Å².